The Kier molecular flexibility index (Phi) is 5.20. The third kappa shape index (κ3) is 4.11. The number of aromatic nitrogens is 4. The fraction of sp³-hybridized carbons (Fsp3) is 0.261. The highest BCUT2D eigenvalue weighted by Gasteiger charge is 2.29. The summed E-state index contributed by atoms with van der Waals surface area (Å²) in [7, 11) is 3.23. The van der Waals surface area contributed by atoms with Crippen molar-refractivity contribution >= 4 is 11.6 Å². The molecule has 0 spiro atoms. The zero-order valence-corrected chi connectivity index (χ0v) is 18.0. The lowest BCUT2D eigenvalue weighted by Gasteiger charge is -2.16. The van der Waals surface area contributed by atoms with Gasteiger partial charge in [0.05, 0.1) is 25.2 Å². The second-order valence-corrected chi connectivity index (χ2v) is 7.87. The number of rotatable bonds is 7. The van der Waals surface area contributed by atoms with Crippen LogP contribution in [-0.2, 0) is 7.05 Å². The lowest BCUT2D eigenvalue weighted by molar-refractivity contribution is -0.0502. The minimum atomic E-state index is -3.10. The Morgan fingerprint density at radius 2 is 1.94 bits per heavy atom. The van der Waals surface area contributed by atoms with Crippen molar-refractivity contribution in [1.82, 2.24) is 24.5 Å². The van der Waals surface area contributed by atoms with Gasteiger partial charge in [-0.3, -0.25) is 13.9 Å². The van der Waals surface area contributed by atoms with E-state index in [4.69, 9.17) is 9.47 Å². The predicted molar refractivity (Wildman–Crippen MR) is 117 cm³/mol. The van der Waals surface area contributed by atoms with Crippen LogP contribution in [0.2, 0.25) is 0 Å². The number of methoxy groups -OCH3 is 1. The number of nitrogens with one attached hydrogen (secondary N) is 1. The van der Waals surface area contributed by atoms with Crippen LogP contribution in [0.15, 0.2) is 49.1 Å². The molecule has 1 amide bonds. The van der Waals surface area contributed by atoms with Crippen molar-refractivity contribution in [3.05, 3.63) is 54.6 Å². The van der Waals surface area contributed by atoms with Crippen LogP contribution in [0.1, 0.15) is 23.2 Å². The molecule has 5 rings (SSSR count). The van der Waals surface area contributed by atoms with Gasteiger partial charge in [0.15, 0.2) is 0 Å². The van der Waals surface area contributed by atoms with Crippen molar-refractivity contribution in [3.63, 3.8) is 0 Å². The average molecular weight is 453 g/mol. The number of benzene rings is 1. The molecular weight excluding hydrogens is 432 g/mol. The molecule has 1 saturated carbocycles. The Balaban J connectivity index is 1.58. The average Bonchev–Trinajstić information content (AvgIpc) is 3.32. The molecule has 0 atom stereocenters. The van der Waals surface area contributed by atoms with Gasteiger partial charge < -0.3 is 14.8 Å². The number of carbonyl (C=O) groups is 1. The molecule has 1 fully saturated rings. The van der Waals surface area contributed by atoms with Crippen molar-refractivity contribution in [2.45, 2.75) is 25.5 Å². The molecule has 3 heterocycles. The number of imidazole rings is 1. The number of hydrogen-bond donors (Lipinski definition) is 1. The topological polar surface area (TPSA) is 82.7 Å². The van der Waals surface area contributed by atoms with Gasteiger partial charge in [-0.05, 0) is 42.7 Å². The van der Waals surface area contributed by atoms with Crippen LogP contribution in [0.3, 0.4) is 0 Å². The molecule has 4 aromatic rings. The number of nitrogens with zero attached hydrogens (tertiary/aromatic N) is 4. The molecule has 0 aliphatic heterocycles. The molecule has 3 aromatic heterocycles. The largest absolute Gasteiger partial charge is 0.496 e. The molecule has 1 aliphatic carbocycles. The third-order valence-electron chi connectivity index (χ3n) is 5.49. The number of halogens is 2. The van der Waals surface area contributed by atoms with Crippen molar-refractivity contribution in [1.29, 1.82) is 0 Å². The lowest BCUT2D eigenvalue weighted by Crippen LogP contribution is -2.26. The SMILES string of the molecule is COc1cc(-c2cnc3cc(-c4cnn(C)c4)ccn23)cc(OC(F)F)c1C(=O)NC1CC1. The van der Waals surface area contributed by atoms with E-state index in [1.165, 1.54) is 13.2 Å². The predicted octanol–water partition coefficient (Wildman–Crippen LogP) is 3.90. The maximum atomic E-state index is 13.2. The van der Waals surface area contributed by atoms with E-state index in [1.54, 1.807) is 23.1 Å². The summed E-state index contributed by atoms with van der Waals surface area (Å²) in [5.74, 6) is -0.613. The first-order chi connectivity index (χ1) is 15.9. The molecule has 1 N–H and O–H groups in total. The first-order valence-electron chi connectivity index (χ1n) is 10.4. The Morgan fingerprint density at radius 1 is 1.15 bits per heavy atom. The molecule has 0 unspecified atom stereocenters. The van der Waals surface area contributed by atoms with Gasteiger partial charge in [0.1, 0.15) is 22.7 Å². The summed E-state index contributed by atoms with van der Waals surface area (Å²) in [4.78, 5) is 17.2. The number of pyridine rings is 1. The maximum absolute atomic E-state index is 13.2. The van der Waals surface area contributed by atoms with Crippen molar-refractivity contribution in [3.8, 4) is 33.9 Å². The van der Waals surface area contributed by atoms with Crippen LogP contribution < -0.4 is 14.8 Å². The van der Waals surface area contributed by atoms with Crippen LogP contribution in [0.25, 0.3) is 28.0 Å². The molecule has 10 heteroatoms. The van der Waals surface area contributed by atoms with Gasteiger partial charge in [0.25, 0.3) is 5.91 Å². The van der Waals surface area contributed by atoms with E-state index in [1.807, 2.05) is 36.0 Å². The van der Waals surface area contributed by atoms with Gasteiger partial charge in [-0.2, -0.15) is 13.9 Å². The molecule has 0 bridgehead atoms. The molecule has 170 valence electrons. The second kappa shape index (κ2) is 8.19. The number of alkyl halides is 2. The fourth-order valence-electron chi connectivity index (χ4n) is 3.74. The van der Waals surface area contributed by atoms with Gasteiger partial charge in [0.2, 0.25) is 0 Å². The van der Waals surface area contributed by atoms with Gasteiger partial charge in [-0.15, -0.1) is 0 Å². The normalized spacial score (nSPS) is 13.5. The monoisotopic (exact) mass is 453 g/mol. The molecule has 8 nitrogen and oxygen atoms in total. The lowest BCUT2D eigenvalue weighted by atomic mass is 10.1. The summed E-state index contributed by atoms with van der Waals surface area (Å²) in [6.07, 6.45) is 8.86. The molecular formula is C23H21F2N5O3. The Labute approximate surface area is 187 Å². The van der Waals surface area contributed by atoms with Crippen molar-refractivity contribution < 1.29 is 23.0 Å². The highest BCUT2D eigenvalue weighted by Crippen LogP contribution is 2.37. The standard InChI is InChI=1S/C23H21F2N5O3/c1-29-12-15(10-27-29)13-5-6-30-17(11-26-20(30)9-13)14-7-18(32-2)21(19(8-14)33-23(24)25)22(31)28-16-3-4-16/h5-12,16,23H,3-4H2,1-2H3,(H,28,31). The van der Waals surface area contributed by atoms with E-state index in [9.17, 15) is 13.6 Å². The highest BCUT2D eigenvalue weighted by molar-refractivity contribution is 6.01. The van der Waals surface area contributed by atoms with E-state index in [2.05, 4.69) is 15.4 Å². The summed E-state index contributed by atoms with van der Waals surface area (Å²) < 4.78 is 40.0. The van der Waals surface area contributed by atoms with Gasteiger partial charge in [0, 0.05) is 36.6 Å². The number of amides is 1. The van der Waals surface area contributed by atoms with Crippen LogP contribution in [0, 0.1) is 0 Å². The fourth-order valence-corrected chi connectivity index (χ4v) is 3.74. The molecule has 1 aromatic carbocycles. The summed E-state index contributed by atoms with van der Waals surface area (Å²) in [6, 6.07) is 6.91. The van der Waals surface area contributed by atoms with E-state index >= 15 is 0 Å². The van der Waals surface area contributed by atoms with E-state index < -0.39 is 12.5 Å². The quantitative estimate of drug-likeness (QED) is 0.459. The Bertz CT molecular complexity index is 1340. The molecule has 0 saturated heterocycles. The van der Waals surface area contributed by atoms with E-state index in [-0.39, 0.29) is 23.1 Å². The van der Waals surface area contributed by atoms with Crippen LogP contribution >= 0.6 is 0 Å². The summed E-state index contributed by atoms with van der Waals surface area (Å²) in [5.41, 5.74) is 3.66. The number of ether oxygens (including phenoxy) is 2. The number of aryl methyl sites for hydroxylation is 1. The first-order valence-corrected chi connectivity index (χ1v) is 10.4. The zero-order chi connectivity index (χ0) is 23.1. The van der Waals surface area contributed by atoms with Gasteiger partial charge >= 0.3 is 6.61 Å². The second-order valence-electron chi connectivity index (χ2n) is 7.87. The molecule has 1 aliphatic rings. The summed E-state index contributed by atoms with van der Waals surface area (Å²) in [6.45, 7) is -3.10. The van der Waals surface area contributed by atoms with Crippen LogP contribution in [-0.4, -0.2) is 44.8 Å². The van der Waals surface area contributed by atoms with Crippen LogP contribution in [0.5, 0.6) is 11.5 Å². The van der Waals surface area contributed by atoms with Crippen molar-refractivity contribution in [2.75, 3.05) is 7.11 Å². The summed E-state index contributed by atoms with van der Waals surface area (Å²) in [5, 5.41) is 6.99. The Morgan fingerprint density at radius 3 is 2.61 bits per heavy atom. The maximum Gasteiger partial charge on any atom is 0.387 e. The Hall–Kier alpha value is -3.95. The van der Waals surface area contributed by atoms with Gasteiger partial charge in [-0.1, -0.05) is 0 Å². The minimum Gasteiger partial charge on any atom is -0.496 e. The zero-order valence-electron chi connectivity index (χ0n) is 18.0. The molecule has 33 heavy (non-hydrogen) atoms. The highest BCUT2D eigenvalue weighted by atomic mass is 19.3. The number of hydrogen-bond acceptors (Lipinski definition) is 5. The number of fused-ring (bicyclic) bond motifs is 1. The first kappa shape index (κ1) is 20.9. The smallest absolute Gasteiger partial charge is 0.387 e. The number of carbonyl (C=O) groups excluding carboxylic acids is 1. The van der Waals surface area contributed by atoms with E-state index in [0.29, 0.717) is 16.9 Å². The minimum absolute atomic E-state index is 0.0501. The van der Waals surface area contributed by atoms with E-state index in [0.717, 1.165) is 24.0 Å². The molecule has 0 radical (unpaired) electrons. The third-order valence-corrected chi connectivity index (χ3v) is 5.49. The van der Waals surface area contributed by atoms with Crippen molar-refractivity contribution in [2.24, 2.45) is 7.05 Å². The van der Waals surface area contributed by atoms with Crippen LogP contribution in [0.4, 0.5) is 8.78 Å². The summed E-state index contributed by atoms with van der Waals surface area (Å²) >= 11 is 0. The van der Waals surface area contributed by atoms with Gasteiger partial charge in [-0.25, -0.2) is 4.98 Å².